The fourth-order valence-electron chi connectivity index (χ4n) is 3.18. The molecule has 0 spiro atoms. The number of carbonyl (C=O) groups is 2. The molecule has 1 aromatic heterocycles. The zero-order valence-electron chi connectivity index (χ0n) is 16.3. The number of nitrogens with one attached hydrogen (secondary N) is 2. The number of aromatic nitrogens is 1. The topological polar surface area (TPSA) is 71.2 Å². The standard InChI is InChI=1S/C22H24N2O3/c1-12-6-7-18(15(4)8-12)24-21(25)16(5)27-22(26)20-11-17-14(3)9-13(2)10-19(17)23-20/h6-11,16,23H,1-5H3,(H,24,25). The Labute approximate surface area is 158 Å². The Hall–Kier alpha value is -3.08. The van der Waals surface area contributed by atoms with Gasteiger partial charge in [0.1, 0.15) is 5.69 Å². The minimum Gasteiger partial charge on any atom is -0.448 e. The zero-order chi connectivity index (χ0) is 19.7. The van der Waals surface area contributed by atoms with Crippen molar-refractivity contribution in [3.05, 3.63) is 64.3 Å². The molecular formula is C22H24N2O3. The minimum atomic E-state index is -0.910. The van der Waals surface area contributed by atoms with Gasteiger partial charge >= 0.3 is 5.97 Å². The molecule has 1 unspecified atom stereocenters. The average molecular weight is 364 g/mol. The number of benzene rings is 2. The quantitative estimate of drug-likeness (QED) is 0.665. The van der Waals surface area contributed by atoms with Crippen LogP contribution in [0.3, 0.4) is 0 Å². The summed E-state index contributed by atoms with van der Waals surface area (Å²) in [6.45, 7) is 9.48. The van der Waals surface area contributed by atoms with Gasteiger partial charge in [-0.05, 0) is 69.5 Å². The van der Waals surface area contributed by atoms with E-state index in [2.05, 4.69) is 16.4 Å². The van der Waals surface area contributed by atoms with Crippen LogP contribution in [0, 0.1) is 27.7 Å². The molecule has 0 aliphatic heterocycles. The molecule has 5 heteroatoms. The molecule has 0 bridgehead atoms. The summed E-state index contributed by atoms with van der Waals surface area (Å²) in [7, 11) is 0. The van der Waals surface area contributed by atoms with Crippen LogP contribution in [-0.2, 0) is 9.53 Å². The van der Waals surface area contributed by atoms with Crippen LogP contribution in [0.1, 0.15) is 39.7 Å². The highest BCUT2D eigenvalue weighted by Gasteiger charge is 2.21. The van der Waals surface area contributed by atoms with Gasteiger partial charge in [0.15, 0.2) is 6.10 Å². The summed E-state index contributed by atoms with van der Waals surface area (Å²) in [4.78, 5) is 27.9. The molecule has 2 N–H and O–H groups in total. The average Bonchev–Trinajstić information content (AvgIpc) is 3.01. The molecule has 0 aliphatic carbocycles. The van der Waals surface area contributed by atoms with Gasteiger partial charge in [-0.2, -0.15) is 0 Å². The third-order valence-electron chi connectivity index (χ3n) is 4.60. The normalized spacial score (nSPS) is 12.0. The Kier molecular flexibility index (Phi) is 5.04. The highest BCUT2D eigenvalue weighted by molar-refractivity contribution is 5.99. The smallest absolute Gasteiger partial charge is 0.355 e. The van der Waals surface area contributed by atoms with Crippen LogP contribution in [0.4, 0.5) is 5.69 Å². The van der Waals surface area contributed by atoms with Gasteiger partial charge in [-0.1, -0.05) is 23.8 Å². The summed E-state index contributed by atoms with van der Waals surface area (Å²) < 4.78 is 5.35. The lowest BCUT2D eigenvalue weighted by atomic mass is 10.1. The minimum absolute atomic E-state index is 0.338. The maximum absolute atomic E-state index is 12.5. The third kappa shape index (κ3) is 4.03. The van der Waals surface area contributed by atoms with Crippen molar-refractivity contribution in [3.8, 4) is 0 Å². The van der Waals surface area contributed by atoms with E-state index < -0.39 is 12.1 Å². The number of H-pyrrole nitrogens is 1. The van der Waals surface area contributed by atoms with Crippen molar-refractivity contribution in [2.45, 2.75) is 40.7 Å². The number of amides is 1. The molecule has 1 heterocycles. The Morgan fingerprint density at radius 1 is 0.963 bits per heavy atom. The van der Waals surface area contributed by atoms with Crippen LogP contribution < -0.4 is 5.32 Å². The van der Waals surface area contributed by atoms with E-state index in [4.69, 9.17) is 4.74 Å². The Morgan fingerprint density at radius 3 is 2.37 bits per heavy atom. The Balaban J connectivity index is 1.71. The van der Waals surface area contributed by atoms with E-state index in [9.17, 15) is 9.59 Å². The lowest BCUT2D eigenvalue weighted by Gasteiger charge is -2.14. The summed E-state index contributed by atoms with van der Waals surface area (Å²) in [6.07, 6.45) is -0.910. The SMILES string of the molecule is Cc1ccc(NC(=O)C(C)OC(=O)c2cc3c(C)cc(C)cc3[nH]2)c(C)c1. The molecule has 2 aromatic carbocycles. The number of rotatable bonds is 4. The van der Waals surface area contributed by atoms with Crippen LogP contribution in [0.5, 0.6) is 0 Å². The molecule has 0 aliphatic rings. The van der Waals surface area contributed by atoms with Crippen LogP contribution in [0.2, 0.25) is 0 Å². The molecule has 0 radical (unpaired) electrons. The number of hydrogen-bond donors (Lipinski definition) is 2. The van der Waals surface area contributed by atoms with E-state index in [1.54, 1.807) is 13.0 Å². The maximum Gasteiger partial charge on any atom is 0.355 e. The van der Waals surface area contributed by atoms with E-state index in [1.165, 1.54) is 0 Å². The van der Waals surface area contributed by atoms with Crippen molar-refractivity contribution in [3.63, 3.8) is 0 Å². The highest BCUT2D eigenvalue weighted by atomic mass is 16.5. The van der Waals surface area contributed by atoms with Gasteiger partial charge in [0, 0.05) is 16.6 Å². The molecule has 3 rings (SSSR count). The number of anilines is 1. The van der Waals surface area contributed by atoms with Gasteiger partial charge in [-0.25, -0.2) is 4.79 Å². The fourth-order valence-corrected chi connectivity index (χ4v) is 3.18. The molecule has 27 heavy (non-hydrogen) atoms. The second-order valence-electron chi connectivity index (χ2n) is 7.08. The van der Waals surface area contributed by atoms with Crippen molar-refractivity contribution in [1.82, 2.24) is 4.98 Å². The zero-order valence-corrected chi connectivity index (χ0v) is 16.3. The number of carbonyl (C=O) groups excluding carboxylic acids is 2. The summed E-state index contributed by atoms with van der Waals surface area (Å²) in [5, 5.41) is 3.78. The molecule has 1 amide bonds. The number of esters is 1. The molecule has 3 aromatic rings. The predicted octanol–water partition coefficient (Wildman–Crippen LogP) is 4.59. The summed E-state index contributed by atoms with van der Waals surface area (Å²) in [5.41, 5.74) is 6.21. The monoisotopic (exact) mass is 364 g/mol. The third-order valence-corrected chi connectivity index (χ3v) is 4.60. The summed E-state index contributed by atoms with van der Waals surface area (Å²) in [5.74, 6) is -0.912. The van der Waals surface area contributed by atoms with Crippen LogP contribution in [-0.4, -0.2) is 23.0 Å². The van der Waals surface area contributed by atoms with Crippen LogP contribution >= 0.6 is 0 Å². The maximum atomic E-state index is 12.5. The van der Waals surface area contributed by atoms with Gasteiger partial charge in [0.05, 0.1) is 0 Å². The number of aryl methyl sites for hydroxylation is 4. The number of hydrogen-bond acceptors (Lipinski definition) is 3. The van der Waals surface area contributed by atoms with Gasteiger partial charge in [0.2, 0.25) is 0 Å². The molecular weight excluding hydrogens is 340 g/mol. The number of aromatic amines is 1. The van der Waals surface area contributed by atoms with E-state index >= 15 is 0 Å². The molecule has 0 fully saturated rings. The van der Waals surface area contributed by atoms with Gasteiger partial charge in [0.25, 0.3) is 5.91 Å². The van der Waals surface area contributed by atoms with E-state index in [0.717, 1.165) is 33.2 Å². The highest BCUT2D eigenvalue weighted by Crippen LogP contribution is 2.22. The molecule has 5 nitrogen and oxygen atoms in total. The van der Waals surface area contributed by atoms with Crippen molar-refractivity contribution in [2.24, 2.45) is 0 Å². The Bertz CT molecular complexity index is 1030. The predicted molar refractivity (Wildman–Crippen MR) is 107 cm³/mol. The van der Waals surface area contributed by atoms with Crippen LogP contribution in [0.15, 0.2) is 36.4 Å². The van der Waals surface area contributed by atoms with Gasteiger partial charge < -0.3 is 15.0 Å². The lowest BCUT2D eigenvalue weighted by molar-refractivity contribution is -0.123. The second-order valence-corrected chi connectivity index (χ2v) is 7.08. The first-order chi connectivity index (χ1) is 12.7. The van der Waals surface area contributed by atoms with E-state index in [0.29, 0.717) is 11.4 Å². The first-order valence-electron chi connectivity index (χ1n) is 8.93. The first-order valence-corrected chi connectivity index (χ1v) is 8.93. The molecule has 0 saturated carbocycles. The molecule has 140 valence electrons. The largest absolute Gasteiger partial charge is 0.448 e. The second kappa shape index (κ2) is 7.27. The van der Waals surface area contributed by atoms with Crippen molar-refractivity contribution >= 4 is 28.5 Å². The lowest BCUT2D eigenvalue weighted by Crippen LogP contribution is -2.30. The summed E-state index contributed by atoms with van der Waals surface area (Å²) in [6, 6.07) is 11.6. The van der Waals surface area contributed by atoms with E-state index in [1.807, 2.05) is 52.0 Å². The van der Waals surface area contributed by atoms with E-state index in [-0.39, 0.29) is 5.91 Å². The first kappa shape index (κ1) is 18.7. The van der Waals surface area contributed by atoms with Gasteiger partial charge in [-0.3, -0.25) is 4.79 Å². The van der Waals surface area contributed by atoms with Crippen molar-refractivity contribution < 1.29 is 14.3 Å². The van der Waals surface area contributed by atoms with Crippen molar-refractivity contribution in [2.75, 3.05) is 5.32 Å². The summed E-state index contributed by atoms with van der Waals surface area (Å²) >= 11 is 0. The fraction of sp³-hybridized carbons (Fsp3) is 0.273. The number of fused-ring (bicyclic) bond motifs is 1. The van der Waals surface area contributed by atoms with Gasteiger partial charge in [-0.15, -0.1) is 0 Å². The van der Waals surface area contributed by atoms with Crippen molar-refractivity contribution in [1.29, 1.82) is 0 Å². The number of ether oxygens (including phenoxy) is 1. The van der Waals surface area contributed by atoms with Crippen LogP contribution in [0.25, 0.3) is 10.9 Å². The molecule has 0 saturated heterocycles. The Morgan fingerprint density at radius 2 is 1.67 bits per heavy atom. The molecule has 1 atom stereocenters.